The minimum Gasteiger partial charge on any atom is -0.481 e. The fourth-order valence-corrected chi connectivity index (χ4v) is 3.08. The van der Waals surface area contributed by atoms with Gasteiger partial charge in [0.25, 0.3) is 5.91 Å². The normalized spacial score (nSPS) is 10.8. The van der Waals surface area contributed by atoms with Crippen LogP contribution in [0.3, 0.4) is 0 Å². The highest BCUT2D eigenvalue weighted by molar-refractivity contribution is 5.94. The van der Waals surface area contributed by atoms with E-state index in [2.05, 4.69) is 14.9 Å². The van der Waals surface area contributed by atoms with Crippen molar-refractivity contribution in [3.63, 3.8) is 0 Å². The number of carbonyl (C=O) groups is 1. The third-order valence-corrected chi connectivity index (χ3v) is 4.32. The molecule has 0 aliphatic carbocycles. The van der Waals surface area contributed by atoms with E-state index in [1.54, 1.807) is 12.1 Å². The predicted octanol–water partition coefficient (Wildman–Crippen LogP) is 4.49. The molecule has 1 heterocycles. The van der Waals surface area contributed by atoms with E-state index in [0.29, 0.717) is 5.69 Å². The molecular weight excluding hydrogens is 357 g/mol. The quantitative estimate of drug-likeness (QED) is 0.559. The van der Waals surface area contributed by atoms with Crippen molar-refractivity contribution < 1.29 is 13.9 Å². The van der Waals surface area contributed by atoms with Crippen molar-refractivity contribution in [2.75, 3.05) is 11.9 Å². The van der Waals surface area contributed by atoms with Gasteiger partial charge in [-0.25, -0.2) is 9.37 Å². The molecule has 0 saturated carbocycles. The van der Waals surface area contributed by atoms with Crippen molar-refractivity contribution in [1.82, 2.24) is 9.55 Å². The Bertz CT molecular complexity index is 1140. The standard InChI is InChI=1S/C22H18FN3O2/c1-15-24-19-13-16(11-12-20(19)26(15)17-7-3-2-4-8-17)25-22(27)14-28-21-10-6-5-9-18(21)23/h2-13H,14H2,1H3,(H,25,27). The number of anilines is 1. The van der Waals surface area contributed by atoms with Gasteiger partial charge in [0.15, 0.2) is 18.2 Å². The van der Waals surface area contributed by atoms with Crippen LogP contribution in [-0.4, -0.2) is 22.1 Å². The molecule has 0 saturated heterocycles. The third kappa shape index (κ3) is 3.57. The maximum absolute atomic E-state index is 13.6. The molecule has 1 aromatic heterocycles. The predicted molar refractivity (Wildman–Crippen MR) is 106 cm³/mol. The lowest BCUT2D eigenvalue weighted by Crippen LogP contribution is -2.20. The molecule has 0 fully saturated rings. The van der Waals surface area contributed by atoms with Crippen LogP contribution in [0, 0.1) is 12.7 Å². The summed E-state index contributed by atoms with van der Waals surface area (Å²) in [6, 6.07) is 21.5. The summed E-state index contributed by atoms with van der Waals surface area (Å²) in [6.45, 7) is 1.66. The number of imidazole rings is 1. The largest absolute Gasteiger partial charge is 0.481 e. The van der Waals surface area contributed by atoms with Crippen molar-refractivity contribution in [3.05, 3.63) is 84.4 Å². The van der Waals surface area contributed by atoms with Crippen LogP contribution in [0.1, 0.15) is 5.82 Å². The molecule has 5 nitrogen and oxygen atoms in total. The van der Waals surface area contributed by atoms with E-state index in [-0.39, 0.29) is 18.3 Å². The molecule has 6 heteroatoms. The van der Waals surface area contributed by atoms with Crippen LogP contribution in [0.15, 0.2) is 72.8 Å². The van der Waals surface area contributed by atoms with Gasteiger partial charge in [-0.3, -0.25) is 9.36 Å². The van der Waals surface area contributed by atoms with Crippen molar-refractivity contribution in [1.29, 1.82) is 0 Å². The van der Waals surface area contributed by atoms with Crippen LogP contribution < -0.4 is 10.1 Å². The summed E-state index contributed by atoms with van der Waals surface area (Å²) in [6.07, 6.45) is 0. The van der Waals surface area contributed by atoms with Crippen LogP contribution >= 0.6 is 0 Å². The van der Waals surface area contributed by atoms with Gasteiger partial charge in [-0.1, -0.05) is 30.3 Å². The first-order chi connectivity index (χ1) is 13.6. The van der Waals surface area contributed by atoms with Crippen molar-refractivity contribution >= 4 is 22.6 Å². The molecule has 0 aliphatic rings. The monoisotopic (exact) mass is 375 g/mol. The molecule has 4 rings (SSSR count). The highest BCUT2D eigenvalue weighted by Crippen LogP contribution is 2.24. The molecule has 0 bridgehead atoms. The fourth-order valence-electron chi connectivity index (χ4n) is 3.08. The Morgan fingerprint density at radius 2 is 1.82 bits per heavy atom. The van der Waals surface area contributed by atoms with E-state index in [1.165, 1.54) is 12.1 Å². The Morgan fingerprint density at radius 1 is 1.07 bits per heavy atom. The van der Waals surface area contributed by atoms with Gasteiger partial charge in [-0.15, -0.1) is 0 Å². The van der Waals surface area contributed by atoms with Gasteiger partial charge < -0.3 is 10.1 Å². The first-order valence-electron chi connectivity index (χ1n) is 8.83. The Kier molecular flexibility index (Phi) is 4.76. The maximum atomic E-state index is 13.6. The van der Waals surface area contributed by atoms with Gasteiger partial charge in [0, 0.05) is 11.4 Å². The molecule has 1 N–H and O–H groups in total. The van der Waals surface area contributed by atoms with Crippen molar-refractivity contribution in [2.24, 2.45) is 0 Å². The molecule has 28 heavy (non-hydrogen) atoms. The molecular formula is C22H18FN3O2. The van der Waals surface area contributed by atoms with E-state index in [4.69, 9.17) is 4.74 Å². The number of nitrogens with zero attached hydrogens (tertiary/aromatic N) is 2. The first kappa shape index (κ1) is 17.7. The average Bonchev–Trinajstić information content (AvgIpc) is 3.03. The molecule has 3 aromatic carbocycles. The van der Waals surface area contributed by atoms with Gasteiger partial charge in [-0.2, -0.15) is 0 Å². The highest BCUT2D eigenvalue weighted by Gasteiger charge is 2.11. The lowest BCUT2D eigenvalue weighted by Gasteiger charge is -2.09. The van der Waals surface area contributed by atoms with Crippen LogP contribution in [-0.2, 0) is 4.79 Å². The number of fused-ring (bicyclic) bond motifs is 1. The number of halogens is 1. The number of aryl methyl sites for hydroxylation is 1. The summed E-state index contributed by atoms with van der Waals surface area (Å²) in [5.41, 5.74) is 3.35. The molecule has 4 aromatic rings. The number of para-hydroxylation sites is 2. The average molecular weight is 375 g/mol. The summed E-state index contributed by atoms with van der Waals surface area (Å²) in [5.74, 6) is 0.0263. The molecule has 140 valence electrons. The molecule has 0 spiro atoms. The summed E-state index contributed by atoms with van der Waals surface area (Å²) in [7, 11) is 0. The molecule has 0 aliphatic heterocycles. The molecule has 1 amide bonds. The smallest absolute Gasteiger partial charge is 0.262 e. The van der Waals surface area contributed by atoms with Gasteiger partial charge in [-0.05, 0) is 49.4 Å². The van der Waals surface area contributed by atoms with E-state index in [1.807, 2.05) is 55.5 Å². The maximum Gasteiger partial charge on any atom is 0.262 e. The first-order valence-corrected chi connectivity index (χ1v) is 8.83. The zero-order valence-corrected chi connectivity index (χ0v) is 15.2. The number of nitrogens with one attached hydrogen (secondary N) is 1. The van der Waals surface area contributed by atoms with E-state index in [9.17, 15) is 9.18 Å². The Hall–Kier alpha value is -3.67. The lowest BCUT2D eigenvalue weighted by molar-refractivity contribution is -0.118. The van der Waals surface area contributed by atoms with Crippen molar-refractivity contribution in [2.45, 2.75) is 6.92 Å². The second-order valence-corrected chi connectivity index (χ2v) is 6.30. The second kappa shape index (κ2) is 7.52. The van der Waals surface area contributed by atoms with Gasteiger partial charge in [0.05, 0.1) is 11.0 Å². The Balaban J connectivity index is 1.51. The van der Waals surface area contributed by atoms with Crippen LogP contribution in [0.4, 0.5) is 10.1 Å². The number of aromatic nitrogens is 2. The third-order valence-electron chi connectivity index (χ3n) is 4.32. The summed E-state index contributed by atoms with van der Waals surface area (Å²) < 4.78 is 20.8. The number of rotatable bonds is 5. The zero-order chi connectivity index (χ0) is 19.5. The zero-order valence-electron chi connectivity index (χ0n) is 15.2. The summed E-state index contributed by atoms with van der Waals surface area (Å²) in [4.78, 5) is 16.7. The van der Waals surface area contributed by atoms with E-state index < -0.39 is 5.82 Å². The van der Waals surface area contributed by atoms with Gasteiger partial charge in [0.1, 0.15) is 5.82 Å². The van der Waals surface area contributed by atoms with E-state index >= 15 is 0 Å². The SMILES string of the molecule is Cc1nc2cc(NC(=O)COc3ccccc3F)ccc2n1-c1ccccc1. The Morgan fingerprint density at radius 3 is 2.61 bits per heavy atom. The second-order valence-electron chi connectivity index (χ2n) is 6.30. The molecule has 0 radical (unpaired) electrons. The molecule has 0 unspecified atom stereocenters. The van der Waals surface area contributed by atoms with Gasteiger partial charge >= 0.3 is 0 Å². The van der Waals surface area contributed by atoms with E-state index in [0.717, 1.165) is 22.5 Å². The number of hydrogen-bond acceptors (Lipinski definition) is 3. The minimum atomic E-state index is -0.501. The number of ether oxygens (including phenoxy) is 1. The van der Waals surface area contributed by atoms with Crippen LogP contribution in [0.5, 0.6) is 5.75 Å². The topological polar surface area (TPSA) is 56.1 Å². The number of carbonyl (C=O) groups excluding carboxylic acids is 1. The number of amides is 1. The summed E-state index contributed by atoms with van der Waals surface area (Å²) in [5, 5.41) is 2.76. The summed E-state index contributed by atoms with van der Waals surface area (Å²) >= 11 is 0. The lowest BCUT2D eigenvalue weighted by atomic mass is 10.2. The Labute approximate surface area is 161 Å². The number of benzene rings is 3. The van der Waals surface area contributed by atoms with Gasteiger partial charge in [0.2, 0.25) is 0 Å². The van der Waals surface area contributed by atoms with Crippen LogP contribution in [0.25, 0.3) is 16.7 Å². The highest BCUT2D eigenvalue weighted by atomic mass is 19.1. The van der Waals surface area contributed by atoms with Crippen LogP contribution in [0.2, 0.25) is 0 Å². The number of hydrogen-bond donors (Lipinski definition) is 1. The molecule has 0 atom stereocenters. The minimum absolute atomic E-state index is 0.0466. The fraction of sp³-hybridized carbons (Fsp3) is 0.0909. The van der Waals surface area contributed by atoms with Crippen molar-refractivity contribution in [3.8, 4) is 11.4 Å².